The number of nitrogens with two attached hydrogens (primary N) is 1. The highest BCUT2D eigenvalue weighted by atomic mass is 79.9. The van der Waals surface area contributed by atoms with Gasteiger partial charge < -0.3 is 5.73 Å². The molecule has 0 saturated carbocycles. The first-order chi connectivity index (χ1) is 6.80. The Labute approximate surface area is 103 Å². The molecule has 15 heavy (non-hydrogen) atoms. The Morgan fingerprint density at radius 1 is 1.53 bits per heavy atom. The van der Waals surface area contributed by atoms with Crippen molar-refractivity contribution >= 4 is 33.3 Å². The summed E-state index contributed by atoms with van der Waals surface area (Å²) in [5.74, 6) is -0.0216. The van der Waals surface area contributed by atoms with Crippen LogP contribution >= 0.6 is 27.5 Å². The molecule has 1 aromatic carbocycles. The van der Waals surface area contributed by atoms with Crippen molar-refractivity contribution in [3.63, 3.8) is 0 Å². The molecule has 0 bridgehead atoms. The Morgan fingerprint density at radius 2 is 2.13 bits per heavy atom. The normalized spacial score (nSPS) is 11.5. The molecule has 0 spiro atoms. The molecule has 0 heterocycles. The van der Waals surface area contributed by atoms with Gasteiger partial charge in [0.1, 0.15) is 0 Å². The molecule has 82 valence electrons. The summed E-state index contributed by atoms with van der Waals surface area (Å²) in [6, 6.07) is 5.46. The summed E-state index contributed by atoms with van der Waals surface area (Å²) in [6.07, 6.45) is 0.273. The second-order valence-electron chi connectivity index (χ2n) is 4.06. The summed E-state index contributed by atoms with van der Waals surface area (Å²) >= 11 is 9.31. The Kier molecular flexibility index (Phi) is 3.93. The number of carbonyl (C=O) groups excluding carboxylic acids is 1. The van der Waals surface area contributed by atoms with Gasteiger partial charge in [0.25, 0.3) is 0 Å². The number of ketones is 1. The molecule has 0 fully saturated rings. The van der Waals surface area contributed by atoms with Gasteiger partial charge in [-0.15, -0.1) is 0 Å². The first kappa shape index (κ1) is 12.7. The van der Waals surface area contributed by atoms with Crippen LogP contribution in [0.1, 0.15) is 19.4 Å². The van der Waals surface area contributed by atoms with Crippen LogP contribution in [-0.2, 0) is 11.2 Å². The van der Waals surface area contributed by atoms with E-state index in [9.17, 15) is 4.79 Å². The maximum Gasteiger partial charge on any atom is 0.156 e. The van der Waals surface area contributed by atoms with E-state index in [0.29, 0.717) is 5.02 Å². The second kappa shape index (κ2) is 4.64. The Hall–Kier alpha value is -0.380. The van der Waals surface area contributed by atoms with Crippen LogP contribution in [-0.4, -0.2) is 11.3 Å². The van der Waals surface area contributed by atoms with Gasteiger partial charge in [-0.25, -0.2) is 0 Å². The lowest BCUT2D eigenvalue weighted by molar-refractivity contribution is -0.122. The smallest absolute Gasteiger partial charge is 0.156 e. The van der Waals surface area contributed by atoms with Crippen LogP contribution in [0.15, 0.2) is 22.7 Å². The van der Waals surface area contributed by atoms with Gasteiger partial charge in [-0.2, -0.15) is 0 Å². The van der Waals surface area contributed by atoms with E-state index in [1.165, 1.54) is 0 Å². The molecule has 0 unspecified atom stereocenters. The predicted octanol–water partition coefficient (Wildman–Crippen LogP) is 2.95. The SMILES string of the molecule is CC(C)(N)C(=O)Cc1ccc(Br)cc1Cl. The Morgan fingerprint density at radius 3 is 2.60 bits per heavy atom. The van der Waals surface area contributed by atoms with Crippen LogP contribution < -0.4 is 5.73 Å². The van der Waals surface area contributed by atoms with Crippen LogP contribution in [0.3, 0.4) is 0 Å². The number of carbonyl (C=O) groups is 1. The number of benzene rings is 1. The fourth-order valence-electron chi connectivity index (χ4n) is 1.07. The quantitative estimate of drug-likeness (QED) is 0.930. The molecule has 4 heteroatoms. The number of Topliss-reactive ketones (excluding diaryl/α,β-unsaturated/α-hetero) is 1. The average molecular weight is 291 g/mol. The molecule has 0 aliphatic carbocycles. The van der Waals surface area contributed by atoms with E-state index in [0.717, 1.165) is 10.0 Å². The molecule has 2 N–H and O–H groups in total. The van der Waals surface area contributed by atoms with Crippen molar-refractivity contribution < 1.29 is 4.79 Å². The van der Waals surface area contributed by atoms with E-state index in [2.05, 4.69) is 15.9 Å². The molecule has 0 amide bonds. The zero-order valence-corrected chi connectivity index (χ0v) is 11.0. The van der Waals surface area contributed by atoms with Gasteiger partial charge >= 0.3 is 0 Å². The molecule has 0 aromatic heterocycles. The molecular formula is C11H13BrClNO. The predicted molar refractivity (Wildman–Crippen MR) is 66.1 cm³/mol. The maximum absolute atomic E-state index is 11.7. The minimum atomic E-state index is -0.809. The van der Waals surface area contributed by atoms with Crippen molar-refractivity contribution in [2.45, 2.75) is 25.8 Å². The van der Waals surface area contributed by atoms with Gasteiger partial charge in [-0.3, -0.25) is 4.79 Å². The summed E-state index contributed by atoms with van der Waals surface area (Å²) in [5, 5.41) is 0.585. The third-order valence-electron chi connectivity index (χ3n) is 2.08. The molecule has 1 rings (SSSR count). The number of hydrogen-bond acceptors (Lipinski definition) is 2. The van der Waals surface area contributed by atoms with Crippen LogP contribution in [0.4, 0.5) is 0 Å². The highest BCUT2D eigenvalue weighted by Gasteiger charge is 2.22. The summed E-state index contributed by atoms with van der Waals surface area (Å²) < 4.78 is 0.899. The average Bonchev–Trinajstić information content (AvgIpc) is 2.08. The van der Waals surface area contributed by atoms with Crippen molar-refractivity contribution in [1.82, 2.24) is 0 Å². The van der Waals surface area contributed by atoms with E-state index >= 15 is 0 Å². The van der Waals surface area contributed by atoms with Gasteiger partial charge in [0.15, 0.2) is 5.78 Å². The Bertz CT molecular complexity index is 385. The van der Waals surface area contributed by atoms with Gasteiger partial charge in [0, 0.05) is 15.9 Å². The van der Waals surface area contributed by atoms with Gasteiger partial charge in [-0.1, -0.05) is 33.6 Å². The van der Waals surface area contributed by atoms with Crippen LogP contribution in [0.2, 0.25) is 5.02 Å². The standard InChI is InChI=1S/C11H13BrClNO/c1-11(2,14)10(15)5-7-3-4-8(12)6-9(7)13/h3-4,6H,5,14H2,1-2H3. The van der Waals surface area contributed by atoms with Crippen molar-refractivity contribution in [2.24, 2.45) is 5.73 Å². The van der Waals surface area contributed by atoms with Crippen molar-refractivity contribution in [3.8, 4) is 0 Å². The fourth-order valence-corrected chi connectivity index (χ4v) is 1.81. The second-order valence-corrected chi connectivity index (χ2v) is 5.38. The lowest BCUT2D eigenvalue weighted by atomic mass is 9.95. The minimum Gasteiger partial charge on any atom is -0.319 e. The zero-order valence-electron chi connectivity index (χ0n) is 8.68. The topological polar surface area (TPSA) is 43.1 Å². The van der Waals surface area contributed by atoms with Gasteiger partial charge in [0.2, 0.25) is 0 Å². The number of hydrogen-bond donors (Lipinski definition) is 1. The largest absolute Gasteiger partial charge is 0.319 e. The van der Waals surface area contributed by atoms with Crippen LogP contribution in [0, 0.1) is 0 Å². The summed E-state index contributed by atoms with van der Waals surface area (Å²) in [5.41, 5.74) is 5.70. The van der Waals surface area contributed by atoms with Crippen LogP contribution in [0.25, 0.3) is 0 Å². The van der Waals surface area contributed by atoms with E-state index in [1.807, 2.05) is 12.1 Å². The third-order valence-corrected chi connectivity index (χ3v) is 2.93. The van der Waals surface area contributed by atoms with E-state index in [4.69, 9.17) is 17.3 Å². The zero-order chi connectivity index (χ0) is 11.6. The van der Waals surface area contributed by atoms with E-state index < -0.39 is 5.54 Å². The maximum atomic E-state index is 11.7. The van der Waals surface area contributed by atoms with Crippen molar-refractivity contribution in [1.29, 1.82) is 0 Å². The molecular weight excluding hydrogens is 277 g/mol. The molecule has 0 aliphatic rings. The molecule has 0 atom stereocenters. The third kappa shape index (κ3) is 3.59. The first-order valence-corrected chi connectivity index (χ1v) is 5.74. The molecule has 0 radical (unpaired) electrons. The number of halogens is 2. The van der Waals surface area contributed by atoms with Crippen molar-refractivity contribution in [3.05, 3.63) is 33.3 Å². The first-order valence-electron chi connectivity index (χ1n) is 4.57. The van der Waals surface area contributed by atoms with E-state index in [1.54, 1.807) is 19.9 Å². The lowest BCUT2D eigenvalue weighted by Gasteiger charge is -2.17. The monoisotopic (exact) mass is 289 g/mol. The highest BCUT2D eigenvalue weighted by molar-refractivity contribution is 9.10. The number of rotatable bonds is 3. The highest BCUT2D eigenvalue weighted by Crippen LogP contribution is 2.22. The molecule has 2 nitrogen and oxygen atoms in total. The van der Waals surface area contributed by atoms with Crippen LogP contribution in [0.5, 0.6) is 0 Å². The molecule has 0 saturated heterocycles. The molecule has 1 aromatic rings. The summed E-state index contributed by atoms with van der Waals surface area (Å²) in [4.78, 5) is 11.7. The van der Waals surface area contributed by atoms with Gasteiger partial charge in [0.05, 0.1) is 5.54 Å². The van der Waals surface area contributed by atoms with Gasteiger partial charge in [-0.05, 0) is 31.5 Å². The summed E-state index contributed by atoms with van der Waals surface area (Å²) in [7, 11) is 0. The summed E-state index contributed by atoms with van der Waals surface area (Å²) in [6.45, 7) is 3.39. The van der Waals surface area contributed by atoms with E-state index in [-0.39, 0.29) is 12.2 Å². The Balaban J connectivity index is 2.87. The minimum absolute atomic E-state index is 0.0216. The molecule has 0 aliphatic heterocycles. The lowest BCUT2D eigenvalue weighted by Crippen LogP contribution is -2.42. The van der Waals surface area contributed by atoms with Crippen molar-refractivity contribution in [2.75, 3.05) is 0 Å². The fraction of sp³-hybridized carbons (Fsp3) is 0.364.